The summed E-state index contributed by atoms with van der Waals surface area (Å²) < 4.78 is 13.2. The van der Waals surface area contributed by atoms with Crippen LogP contribution in [0.25, 0.3) is 11.3 Å². The molecule has 0 N–H and O–H groups in total. The molecule has 4 rings (SSSR count). The molecule has 0 bridgehead atoms. The zero-order valence-electron chi connectivity index (χ0n) is 17.7. The molecule has 0 aromatic carbocycles. The molecule has 3 aromatic heterocycles. The zero-order chi connectivity index (χ0) is 21.1. The van der Waals surface area contributed by atoms with Crippen LogP contribution in [0.4, 0.5) is 0 Å². The molecule has 1 fully saturated rings. The Bertz CT molecular complexity index is 1030. The van der Waals surface area contributed by atoms with Crippen molar-refractivity contribution in [1.82, 2.24) is 24.8 Å². The second kappa shape index (κ2) is 8.79. The summed E-state index contributed by atoms with van der Waals surface area (Å²) in [4.78, 5) is 19.4. The molecule has 0 saturated carbocycles. The first-order valence-electron chi connectivity index (χ1n) is 10.4. The Balaban J connectivity index is 1.45. The number of aryl methyl sites for hydroxylation is 4. The Morgan fingerprint density at radius 2 is 2.13 bits per heavy atom. The van der Waals surface area contributed by atoms with Gasteiger partial charge >= 0.3 is 0 Å². The van der Waals surface area contributed by atoms with Gasteiger partial charge in [-0.1, -0.05) is 18.1 Å². The Labute approximate surface area is 175 Å². The van der Waals surface area contributed by atoms with E-state index in [1.54, 1.807) is 0 Å². The Morgan fingerprint density at radius 1 is 1.27 bits per heavy atom. The van der Waals surface area contributed by atoms with E-state index < -0.39 is 0 Å². The van der Waals surface area contributed by atoms with Crippen molar-refractivity contribution in [3.63, 3.8) is 0 Å². The molecule has 4 heterocycles. The molecule has 1 amide bonds. The number of amides is 1. The second-order valence-electron chi connectivity index (χ2n) is 7.54. The number of rotatable bonds is 6. The van der Waals surface area contributed by atoms with Crippen molar-refractivity contribution in [2.75, 3.05) is 19.7 Å². The third kappa shape index (κ3) is 4.28. The lowest BCUT2D eigenvalue weighted by atomic mass is 10.1. The molecular formula is C22H27N5O3. The number of aromatic nitrogens is 4. The van der Waals surface area contributed by atoms with Crippen LogP contribution in [0.2, 0.25) is 0 Å². The fourth-order valence-corrected chi connectivity index (χ4v) is 3.77. The van der Waals surface area contributed by atoms with Gasteiger partial charge in [0.05, 0.1) is 41.5 Å². The zero-order valence-corrected chi connectivity index (χ0v) is 17.7. The van der Waals surface area contributed by atoms with Crippen molar-refractivity contribution in [3.8, 4) is 11.3 Å². The molecule has 158 valence electrons. The van der Waals surface area contributed by atoms with Crippen molar-refractivity contribution in [2.24, 2.45) is 0 Å². The van der Waals surface area contributed by atoms with Crippen LogP contribution in [0.3, 0.4) is 0 Å². The molecule has 1 atom stereocenters. The van der Waals surface area contributed by atoms with E-state index in [2.05, 4.69) is 10.3 Å². The monoisotopic (exact) mass is 409 g/mol. The standard InChI is InChI=1S/C22H27N5O3/c1-4-19-22(16(3)25-30-19)18-7-5-6-17(23-18)20-14-26(12-13-29-20)21(28)9-11-27-10-8-15(2)24-27/h5-8,10,20H,4,9,11-14H2,1-3H3. The first-order chi connectivity index (χ1) is 14.5. The van der Waals surface area contributed by atoms with Crippen molar-refractivity contribution in [3.05, 3.63) is 53.3 Å². The minimum Gasteiger partial charge on any atom is -0.368 e. The summed E-state index contributed by atoms with van der Waals surface area (Å²) in [7, 11) is 0. The minimum absolute atomic E-state index is 0.107. The molecule has 0 spiro atoms. The van der Waals surface area contributed by atoms with Crippen molar-refractivity contribution >= 4 is 5.91 Å². The normalized spacial score (nSPS) is 16.8. The number of ether oxygens (including phenoxy) is 1. The molecule has 1 saturated heterocycles. The molecule has 30 heavy (non-hydrogen) atoms. The number of hydrogen-bond donors (Lipinski definition) is 0. The minimum atomic E-state index is -0.250. The first-order valence-corrected chi connectivity index (χ1v) is 10.4. The van der Waals surface area contributed by atoms with E-state index in [1.165, 1.54) is 0 Å². The highest BCUT2D eigenvalue weighted by molar-refractivity contribution is 5.76. The number of carbonyl (C=O) groups excluding carboxylic acids is 1. The predicted octanol–water partition coefficient (Wildman–Crippen LogP) is 3.10. The van der Waals surface area contributed by atoms with E-state index in [1.807, 2.05) is 60.8 Å². The quantitative estimate of drug-likeness (QED) is 0.622. The lowest BCUT2D eigenvalue weighted by Crippen LogP contribution is -2.42. The Morgan fingerprint density at radius 3 is 2.90 bits per heavy atom. The van der Waals surface area contributed by atoms with E-state index in [9.17, 15) is 4.79 Å². The summed E-state index contributed by atoms with van der Waals surface area (Å²) in [5.41, 5.74) is 4.36. The van der Waals surface area contributed by atoms with E-state index >= 15 is 0 Å². The fraction of sp³-hybridized carbons (Fsp3) is 0.455. The average Bonchev–Trinajstić information content (AvgIpc) is 3.37. The first kappa shape index (κ1) is 20.3. The number of morpholine rings is 1. The van der Waals surface area contributed by atoms with Gasteiger partial charge < -0.3 is 14.2 Å². The highest BCUT2D eigenvalue weighted by atomic mass is 16.5. The summed E-state index contributed by atoms with van der Waals surface area (Å²) in [5.74, 6) is 0.933. The van der Waals surface area contributed by atoms with Gasteiger partial charge in [0.15, 0.2) is 0 Å². The van der Waals surface area contributed by atoms with Gasteiger partial charge in [-0.2, -0.15) is 5.10 Å². The maximum atomic E-state index is 12.7. The highest BCUT2D eigenvalue weighted by Gasteiger charge is 2.27. The summed E-state index contributed by atoms with van der Waals surface area (Å²) in [6.07, 6.45) is 2.82. The number of pyridine rings is 1. The summed E-state index contributed by atoms with van der Waals surface area (Å²) in [5, 5.41) is 8.43. The smallest absolute Gasteiger partial charge is 0.224 e. The van der Waals surface area contributed by atoms with Gasteiger partial charge in [-0.25, -0.2) is 4.98 Å². The molecule has 1 aliphatic heterocycles. The van der Waals surface area contributed by atoms with Crippen LogP contribution in [-0.2, 0) is 22.5 Å². The molecule has 1 aliphatic rings. The maximum Gasteiger partial charge on any atom is 0.224 e. The van der Waals surface area contributed by atoms with E-state index in [-0.39, 0.29) is 12.0 Å². The fourth-order valence-electron chi connectivity index (χ4n) is 3.77. The maximum absolute atomic E-state index is 12.7. The summed E-state index contributed by atoms with van der Waals surface area (Å²) in [6, 6.07) is 7.81. The van der Waals surface area contributed by atoms with E-state index in [4.69, 9.17) is 14.2 Å². The van der Waals surface area contributed by atoms with E-state index in [0.717, 1.165) is 40.5 Å². The van der Waals surface area contributed by atoms with Crippen LogP contribution in [0.5, 0.6) is 0 Å². The topological polar surface area (TPSA) is 86.3 Å². The average molecular weight is 409 g/mol. The molecular weight excluding hydrogens is 382 g/mol. The Kier molecular flexibility index (Phi) is 5.94. The van der Waals surface area contributed by atoms with Crippen LogP contribution in [0.1, 0.15) is 42.3 Å². The Hall–Kier alpha value is -3.00. The largest absolute Gasteiger partial charge is 0.368 e. The van der Waals surface area contributed by atoms with Crippen LogP contribution < -0.4 is 0 Å². The van der Waals surface area contributed by atoms with Crippen molar-refractivity contribution < 1.29 is 14.1 Å². The van der Waals surface area contributed by atoms with Gasteiger partial charge in [0.25, 0.3) is 0 Å². The summed E-state index contributed by atoms with van der Waals surface area (Å²) in [6.45, 7) is 8.06. The molecule has 8 nitrogen and oxygen atoms in total. The number of carbonyl (C=O) groups is 1. The molecule has 8 heteroatoms. The predicted molar refractivity (Wildman–Crippen MR) is 111 cm³/mol. The summed E-state index contributed by atoms with van der Waals surface area (Å²) >= 11 is 0. The van der Waals surface area contributed by atoms with Gasteiger partial charge in [-0.3, -0.25) is 9.48 Å². The second-order valence-corrected chi connectivity index (χ2v) is 7.54. The third-order valence-electron chi connectivity index (χ3n) is 5.36. The van der Waals surface area contributed by atoms with Crippen LogP contribution in [0.15, 0.2) is 35.0 Å². The molecule has 0 aliphatic carbocycles. The van der Waals surface area contributed by atoms with Gasteiger partial charge in [0.2, 0.25) is 5.91 Å². The molecule has 1 unspecified atom stereocenters. The van der Waals surface area contributed by atoms with Crippen molar-refractivity contribution in [2.45, 2.75) is 46.3 Å². The van der Waals surface area contributed by atoms with E-state index in [0.29, 0.717) is 32.7 Å². The SMILES string of the molecule is CCc1onc(C)c1-c1cccc(C2CN(C(=O)CCn3ccc(C)n3)CCO2)n1. The van der Waals surface area contributed by atoms with Gasteiger partial charge in [0.1, 0.15) is 11.9 Å². The van der Waals surface area contributed by atoms with Gasteiger partial charge in [0, 0.05) is 32.1 Å². The van der Waals surface area contributed by atoms with Crippen LogP contribution in [-0.4, -0.2) is 50.4 Å². The molecule has 0 radical (unpaired) electrons. The van der Waals surface area contributed by atoms with Crippen molar-refractivity contribution in [1.29, 1.82) is 0 Å². The number of hydrogen-bond acceptors (Lipinski definition) is 6. The third-order valence-corrected chi connectivity index (χ3v) is 5.36. The lowest BCUT2D eigenvalue weighted by molar-refractivity contribution is -0.139. The highest BCUT2D eigenvalue weighted by Crippen LogP contribution is 2.29. The van der Waals surface area contributed by atoms with Gasteiger partial charge in [-0.15, -0.1) is 0 Å². The number of nitrogens with zero attached hydrogens (tertiary/aromatic N) is 5. The van der Waals surface area contributed by atoms with Crippen LogP contribution >= 0.6 is 0 Å². The van der Waals surface area contributed by atoms with Gasteiger partial charge in [-0.05, 0) is 32.0 Å². The lowest BCUT2D eigenvalue weighted by Gasteiger charge is -2.33. The van der Waals surface area contributed by atoms with Crippen LogP contribution in [0, 0.1) is 13.8 Å². The molecule has 3 aromatic rings.